The Morgan fingerprint density at radius 1 is 0.821 bits per heavy atom. The van der Waals surface area contributed by atoms with E-state index in [1.165, 1.54) is 0 Å². The zero-order chi connectivity index (χ0) is 19.2. The molecular weight excluding hydrogens is 350 g/mol. The number of hydrogen-bond acceptors (Lipinski definition) is 3. The molecular formula is C24H18NO3. The van der Waals surface area contributed by atoms with Crippen molar-refractivity contribution in [1.29, 1.82) is 0 Å². The Morgan fingerprint density at radius 3 is 2.29 bits per heavy atom. The number of rotatable bonds is 5. The number of nitrogens with one attached hydrogen (secondary N) is 1. The van der Waals surface area contributed by atoms with Gasteiger partial charge in [0.25, 0.3) is 0 Å². The standard InChI is InChI=1S/C24H18NO3/c26-24(27-17-18-10-11-19-6-4-5-7-20(19)16-18)25-21-12-14-23(15-13-21)28-22-8-2-1-3-9-22/h1-9,11-16H,17H2,(H,25,26). The Bertz CT molecular complexity index is 1080. The lowest BCUT2D eigenvalue weighted by atomic mass is 10.1. The molecule has 0 atom stereocenters. The topological polar surface area (TPSA) is 47.6 Å². The largest absolute Gasteiger partial charge is 0.457 e. The van der Waals surface area contributed by atoms with Crippen LogP contribution in [0.4, 0.5) is 10.5 Å². The average Bonchev–Trinajstić information content (AvgIpc) is 2.74. The van der Waals surface area contributed by atoms with Crippen LogP contribution in [0.3, 0.4) is 0 Å². The first-order chi connectivity index (χ1) is 13.8. The predicted molar refractivity (Wildman–Crippen MR) is 110 cm³/mol. The molecule has 1 N–H and O–H groups in total. The molecule has 0 aliphatic carbocycles. The van der Waals surface area contributed by atoms with Crippen molar-refractivity contribution < 1.29 is 14.3 Å². The molecule has 0 spiro atoms. The lowest BCUT2D eigenvalue weighted by Gasteiger charge is -2.09. The Balaban J connectivity index is 1.31. The second-order valence-corrected chi connectivity index (χ2v) is 6.23. The lowest BCUT2D eigenvalue weighted by Crippen LogP contribution is -2.13. The highest BCUT2D eigenvalue weighted by Crippen LogP contribution is 2.23. The molecule has 0 heterocycles. The monoisotopic (exact) mass is 368 g/mol. The molecule has 0 fully saturated rings. The van der Waals surface area contributed by atoms with Crippen molar-refractivity contribution in [2.24, 2.45) is 0 Å². The number of benzene rings is 4. The number of fused-ring (bicyclic) bond motifs is 1. The van der Waals surface area contributed by atoms with E-state index in [1.807, 2.05) is 66.7 Å². The van der Waals surface area contributed by atoms with Crippen molar-refractivity contribution in [2.75, 3.05) is 5.32 Å². The summed E-state index contributed by atoms with van der Waals surface area (Å²) in [4.78, 5) is 12.0. The maximum atomic E-state index is 12.0. The Morgan fingerprint density at radius 2 is 1.50 bits per heavy atom. The van der Waals surface area contributed by atoms with Crippen LogP contribution in [0.1, 0.15) is 5.56 Å². The molecule has 4 aromatic rings. The summed E-state index contributed by atoms with van der Waals surface area (Å²) >= 11 is 0. The van der Waals surface area contributed by atoms with Gasteiger partial charge in [-0.05, 0) is 70.9 Å². The molecule has 4 nitrogen and oxygen atoms in total. The molecule has 4 heteroatoms. The van der Waals surface area contributed by atoms with Gasteiger partial charge < -0.3 is 9.47 Å². The van der Waals surface area contributed by atoms with Crippen LogP contribution in [-0.2, 0) is 11.3 Å². The smallest absolute Gasteiger partial charge is 0.411 e. The Hall–Kier alpha value is -3.79. The van der Waals surface area contributed by atoms with Gasteiger partial charge in [-0.3, -0.25) is 5.32 Å². The van der Waals surface area contributed by atoms with Crippen LogP contribution in [0.25, 0.3) is 10.8 Å². The predicted octanol–water partition coefficient (Wildman–Crippen LogP) is 6.18. The van der Waals surface area contributed by atoms with E-state index in [0.717, 1.165) is 22.1 Å². The van der Waals surface area contributed by atoms with Crippen LogP contribution in [0.2, 0.25) is 0 Å². The van der Waals surface area contributed by atoms with Gasteiger partial charge in [0.05, 0.1) is 0 Å². The second kappa shape index (κ2) is 8.27. The summed E-state index contributed by atoms with van der Waals surface area (Å²) in [5.74, 6) is 1.45. The third-order valence-electron chi connectivity index (χ3n) is 4.18. The van der Waals surface area contributed by atoms with Crippen LogP contribution in [-0.4, -0.2) is 6.09 Å². The number of hydrogen-bond donors (Lipinski definition) is 1. The number of para-hydroxylation sites is 1. The molecule has 0 saturated carbocycles. The van der Waals surface area contributed by atoms with E-state index in [0.29, 0.717) is 11.4 Å². The van der Waals surface area contributed by atoms with Crippen molar-refractivity contribution in [3.63, 3.8) is 0 Å². The van der Waals surface area contributed by atoms with E-state index in [4.69, 9.17) is 9.47 Å². The maximum Gasteiger partial charge on any atom is 0.411 e. The Kier molecular flexibility index (Phi) is 5.20. The number of carbonyl (C=O) groups is 1. The van der Waals surface area contributed by atoms with Gasteiger partial charge >= 0.3 is 6.09 Å². The molecule has 137 valence electrons. The number of amides is 1. The fourth-order valence-corrected chi connectivity index (χ4v) is 2.79. The average molecular weight is 368 g/mol. The third kappa shape index (κ3) is 4.48. The highest BCUT2D eigenvalue weighted by molar-refractivity contribution is 5.85. The fraction of sp³-hybridized carbons (Fsp3) is 0.0417. The van der Waals surface area contributed by atoms with Crippen molar-refractivity contribution in [2.45, 2.75) is 6.61 Å². The molecule has 0 bridgehead atoms. The summed E-state index contributed by atoms with van der Waals surface area (Å²) < 4.78 is 11.0. The first-order valence-electron chi connectivity index (χ1n) is 8.92. The van der Waals surface area contributed by atoms with E-state index in [1.54, 1.807) is 24.3 Å². The van der Waals surface area contributed by atoms with Crippen molar-refractivity contribution >= 4 is 22.6 Å². The third-order valence-corrected chi connectivity index (χ3v) is 4.18. The van der Waals surface area contributed by atoms with Gasteiger partial charge in [-0.2, -0.15) is 0 Å². The fourth-order valence-electron chi connectivity index (χ4n) is 2.79. The zero-order valence-corrected chi connectivity index (χ0v) is 15.1. The first-order valence-corrected chi connectivity index (χ1v) is 8.92. The summed E-state index contributed by atoms with van der Waals surface area (Å²) in [5, 5.41) is 4.91. The van der Waals surface area contributed by atoms with Crippen molar-refractivity contribution in [3.8, 4) is 11.5 Å². The summed E-state index contributed by atoms with van der Waals surface area (Å²) in [7, 11) is 0. The van der Waals surface area contributed by atoms with E-state index in [-0.39, 0.29) is 6.61 Å². The van der Waals surface area contributed by atoms with Crippen LogP contribution in [0.5, 0.6) is 11.5 Å². The van der Waals surface area contributed by atoms with Gasteiger partial charge in [0, 0.05) is 5.69 Å². The molecule has 0 aromatic heterocycles. The molecule has 0 saturated heterocycles. The van der Waals surface area contributed by atoms with E-state index < -0.39 is 6.09 Å². The molecule has 1 radical (unpaired) electrons. The van der Waals surface area contributed by atoms with Gasteiger partial charge in [-0.1, -0.05) is 42.5 Å². The summed E-state index contributed by atoms with van der Waals surface area (Å²) in [6.45, 7) is 0.159. The lowest BCUT2D eigenvalue weighted by molar-refractivity contribution is 0.155. The highest BCUT2D eigenvalue weighted by Gasteiger charge is 2.05. The highest BCUT2D eigenvalue weighted by atomic mass is 16.5. The van der Waals surface area contributed by atoms with Crippen LogP contribution in [0.15, 0.2) is 91.0 Å². The molecule has 0 unspecified atom stereocenters. The molecule has 0 aliphatic rings. The molecule has 4 rings (SSSR count). The van der Waals surface area contributed by atoms with E-state index in [2.05, 4.69) is 11.4 Å². The summed E-state index contributed by atoms with van der Waals surface area (Å²) in [6, 6.07) is 31.6. The van der Waals surface area contributed by atoms with Gasteiger partial charge in [0.15, 0.2) is 0 Å². The van der Waals surface area contributed by atoms with Gasteiger partial charge in [-0.25, -0.2) is 4.79 Å². The Labute approximate surface area is 163 Å². The minimum Gasteiger partial charge on any atom is -0.457 e. The maximum absolute atomic E-state index is 12.0. The number of ether oxygens (including phenoxy) is 2. The van der Waals surface area contributed by atoms with Gasteiger partial charge in [-0.15, -0.1) is 0 Å². The van der Waals surface area contributed by atoms with Crippen LogP contribution < -0.4 is 10.1 Å². The summed E-state index contributed by atoms with van der Waals surface area (Å²) in [5.41, 5.74) is 1.45. The van der Waals surface area contributed by atoms with Gasteiger partial charge in [0.1, 0.15) is 18.1 Å². The van der Waals surface area contributed by atoms with Crippen molar-refractivity contribution in [1.82, 2.24) is 0 Å². The molecule has 28 heavy (non-hydrogen) atoms. The number of anilines is 1. The first kappa shape index (κ1) is 17.6. The second-order valence-electron chi connectivity index (χ2n) is 6.23. The minimum absolute atomic E-state index is 0.159. The van der Waals surface area contributed by atoms with E-state index >= 15 is 0 Å². The minimum atomic E-state index is -0.515. The SMILES string of the molecule is O=C(Nc1ccc(Oc2ccccc2)cc1)OCc1[c]cc2ccccc2c1. The zero-order valence-electron chi connectivity index (χ0n) is 15.1. The quantitative estimate of drug-likeness (QED) is 0.457. The van der Waals surface area contributed by atoms with Gasteiger partial charge in [0.2, 0.25) is 0 Å². The van der Waals surface area contributed by atoms with Crippen molar-refractivity contribution in [3.05, 3.63) is 103 Å². The molecule has 0 aliphatic heterocycles. The molecule has 1 amide bonds. The number of carbonyl (C=O) groups excluding carboxylic acids is 1. The normalized spacial score (nSPS) is 10.4. The van der Waals surface area contributed by atoms with E-state index in [9.17, 15) is 4.79 Å². The summed E-state index contributed by atoms with van der Waals surface area (Å²) in [6.07, 6.45) is -0.515. The van der Waals surface area contributed by atoms with Crippen LogP contribution in [0, 0.1) is 6.07 Å². The molecule has 4 aromatic carbocycles. The van der Waals surface area contributed by atoms with Crippen LogP contribution >= 0.6 is 0 Å².